The van der Waals surface area contributed by atoms with Crippen LogP contribution >= 0.6 is 23.2 Å². The molecular formula is C14H12Cl2N4O. The number of hydrogen-bond donors (Lipinski definition) is 1. The molecule has 0 aliphatic carbocycles. The number of hydrazone groups is 1. The highest BCUT2D eigenvalue weighted by Gasteiger charge is 2.32. The molecule has 0 amide bonds. The second kappa shape index (κ2) is 5.42. The lowest BCUT2D eigenvalue weighted by molar-refractivity contribution is -0.595. The van der Waals surface area contributed by atoms with Crippen molar-refractivity contribution in [3.8, 4) is 0 Å². The Bertz CT molecular complexity index is 721. The zero-order chi connectivity index (χ0) is 15.0. The van der Waals surface area contributed by atoms with Crippen LogP contribution in [0.4, 0.5) is 0 Å². The van der Waals surface area contributed by atoms with Gasteiger partial charge in [-0.25, -0.2) is 4.99 Å². The maximum Gasteiger partial charge on any atom is 0.259 e. The highest BCUT2D eigenvalue weighted by molar-refractivity contribution is 6.39. The third-order valence-corrected chi connectivity index (χ3v) is 3.79. The standard InChI is InChI=1S/C14H12Cl2N4O/c1-17-14-18-7-11(10-4-2-3-5-12(10)16)13-6-9(15)8-19(21)20(13)14/h2-6,8H,7H2,1H3,(H,17,18). The van der Waals surface area contributed by atoms with Crippen LogP contribution in [-0.2, 0) is 0 Å². The molecule has 1 N–H and O–H groups in total. The topological polar surface area (TPSA) is 53.7 Å². The van der Waals surface area contributed by atoms with Crippen molar-refractivity contribution in [1.82, 2.24) is 10.3 Å². The van der Waals surface area contributed by atoms with Crippen LogP contribution in [0.25, 0.3) is 5.57 Å². The van der Waals surface area contributed by atoms with E-state index >= 15 is 0 Å². The molecule has 108 valence electrons. The molecule has 0 radical (unpaired) electrons. The summed E-state index contributed by atoms with van der Waals surface area (Å²) in [5.41, 5.74) is 2.37. The van der Waals surface area contributed by atoms with E-state index in [1.807, 2.05) is 18.2 Å². The molecule has 0 atom stereocenters. The average molecular weight is 323 g/mol. The van der Waals surface area contributed by atoms with Gasteiger partial charge in [0.15, 0.2) is 0 Å². The van der Waals surface area contributed by atoms with Crippen molar-refractivity contribution in [3.05, 3.63) is 56.9 Å². The molecule has 0 aromatic heterocycles. The Morgan fingerprint density at radius 3 is 2.81 bits per heavy atom. The molecule has 21 heavy (non-hydrogen) atoms. The molecule has 0 saturated heterocycles. The molecule has 7 heteroatoms. The Morgan fingerprint density at radius 2 is 2.10 bits per heavy atom. The van der Waals surface area contributed by atoms with Gasteiger partial charge in [0.05, 0.1) is 6.54 Å². The van der Waals surface area contributed by atoms with Gasteiger partial charge in [0, 0.05) is 23.2 Å². The first-order chi connectivity index (χ1) is 10.1. The highest BCUT2D eigenvalue weighted by Crippen LogP contribution is 2.32. The summed E-state index contributed by atoms with van der Waals surface area (Å²) in [6, 6.07) is 7.46. The maximum atomic E-state index is 12.1. The zero-order valence-electron chi connectivity index (χ0n) is 11.2. The lowest BCUT2D eigenvalue weighted by Gasteiger charge is -2.30. The van der Waals surface area contributed by atoms with Crippen molar-refractivity contribution >= 4 is 40.9 Å². The summed E-state index contributed by atoms with van der Waals surface area (Å²) in [6.45, 7) is 0.417. The zero-order valence-corrected chi connectivity index (χ0v) is 12.7. The number of aliphatic imine (C=N–C) groups is 1. The molecule has 5 nitrogen and oxygen atoms in total. The lowest BCUT2D eigenvalue weighted by atomic mass is 10.0. The smallest absolute Gasteiger partial charge is 0.259 e. The predicted octanol–water partition coefficient (Wildman–Crippen LogP) is 2.57. The first-order valence-corrected chi connectivity index (χ1v) is 7.06. The largest absolute Gasteiger partial charge is 0.596 e. The summed E-state index contributed by atoms with van der Waals surface area (Å²) in [7, 11) is 1.71. The van der Waals surface area contributed by atoms with Crippen LogP contribution < -0.4 is 5.32 Å². The first-order valence-electron chi connectivity index (χ1n) is 6.30. The third-order valence-electron chi connectivity index (χ3n) is 3.25. The molecule has 0 fully saturated rings. The molecule has 3 rings (SSSR count). The molecule has 1 aromatic carbocycles. The highest BCUT2D eigenvalue weighted by atomic mass is 35.5. The van der Waals surface area contributed by atoms with Crippen LogP contribution in [0.1, 0.15) is 5.56 Å². The van der Waals surface area contributed by atoms with E-state index in [0.717, 1.165) is 11.1 Å². The SMILES string of the molecule is CNC1=NCC(c2ccccc2Cl)=C2C=C(Cl)C=[N+]([O-])N12. The van der Waals surface area contributed by atoms with Gasteiger partial charge < -0.3 is 10.5 Å². The number of nitrogens with zero attached hydrogens (tertiary/aromatic N) is 3. The quantitative estimate of drug-likeness (QED) is 0.638. The van der Waals surface area contributed by atoms with E-state index < -0.39 is 0 Å². The van der Waals surface area contributed by atoms with Crippen LogP contribution in [0, 0.1) is 5.21 Å². The number of nitrogens with one attached hydrogen (secondary N) is 1. The summed E-state index contributed by atoms with van der Waals surface area (Å²) in [5, 5.41) is 17.4. The summed E-state index contributed by atoms with van der Waals surface area (Å²) >= 11 is 12.3. The molecule has 1 aromatic rings. The number of hydrazine groups is 1. The molecule has 2 aliphatic heterocycles. The molecule has 0 spiro atoms. The van der Waals surface area contributed by atoms with Gasteiger partial charge in [0.2, 0.25) is 6.21 Å². The van der Waals surface area contributed by atoms with Gasteiger partial charge in [-0.3, -0.25) is 0 Å². The van der Waals surface area contributed by atoms with Crippen molar-refractivity contribution in [2.75, 3.05) is 13.6 Å². The number of halogens is 2. The Kier molecular flexibility index (Phi) is 3.61. The first kappa shape index (κ1) is 14.0. The number of hydrogen-bond acceptors (Lipinski definition) is 4. The van der Waals surface area contributed by atoms with Gasteiger partial charge in [-0.1, -0.05) is 51.3 Å². The van der Waals surface area contributed by atoms with Gasteiger partial charge >= 0.3 is 0 Å². The number of benzene rings is 1. The Labute approximate surface area is 132 Å². The van der Waals surface area contributed by atoms with Gasteiger partial charge in [-0.2, -0.15) is 0 Å². The van der Waals surface area contributed by atoms with Crippen LogP contribution in [0.2, 0.25) is 5.02 Å². The van der Waals surface area contributed by atoms with E-state index in [1.165, 1.54) is 11.2 Å². The minimum Gasteiger partial charge on any atom is -0.596 e. The van der Waals surface area contributed by atoms with E-state index in [-0.39, 0.29) is 0 Å². The molecule has 0 unspecified atom stereocenters. The Hall–Kier alpha value is -1.98. The molecular weight excluding hydrogens is 311 g/mol. The van der Waals surface area contributed by atoms with E-state index in [0.29, 0.717) is 33.1 Å². The van der Waals surface area contributed by atoms with E-state index in [4.69, 9.17) is 23.2 Å². The minimum absolute atomic E-state index is 0.359. The van der Waals surface area contributed by atoms with Gasteiger partial charge in [0.25, 0.3) is 5.96 Å². The number of rotatable bonds is 1. The van der Waals surface area contributed by atoms with E-state index in [2.05, 4.69) is 10.3 Å². The van der Waals surface area contributed by atoms with Crippen molar-refractivity contribution in [2.24, 2.45) is 4.99 Å². The summed E-state index contributed by atoms with van der Waals surface area (Å²) in [5.74, 6) is 0.465. The Morgan fingerprint density at radius 1 is 1.33 bits per heavy atom. The van der Waals surface area contributed by atoms with Crippen LogP contribution in [0.15, 0.2) is 46.1 Å². The molecule has 2 aliphatic rings. The normalized spacial score (nSPS) is 17.9. The summed E-state index contributed by atoms with van der Waals surface area (Å²) < 4.78 is 0. The average Bonchev–Trinajstić information content (AvgIpc) is 2.46. The van der Waals surface area contributed by atoms with Crippen LogP contribution in [0.5, 0.6) is 0 Å². The Balaban J connectivity index is 2.19. The number of fused-ring (bicyclic) bond motifs is 1. The predicted molar refractivity (Wildman–Crippen MR) is 85.2 cm³/mol. The van der Waals surface area contributed by atoms with Gasteiger partial charge in [0.1, 0.15) is 10.7 Å². The van der Waals surface area contributed by atoms with Gasteiger partial charge in [-0.15, -0.1) is 0 Å². The lowest BCUT2D eigenvalue weighted by Crippen LogP contribution is -2.47. The third kappa shape index (κ3) is 2.39. The van der Waals surface area contributed by atoms with Gasteiger partial charge in [-0.05, 0) is 12.1 Å². The summed E-state index contributed by atoms with van der Waals surface area (Å²) in [6.07, 6.45) is 3.02. The van der Waals surface area contributed by atoms with Crippen molar-refractivity contribution < 1.29 is 4.85 Å². The van der Waals surface area contributed by atoms with Crippen LogP contribution in [-0.4, -0.2) is 35.6 Å². The molecule has 0 saturated carbocycles. The fourth-order valence-corrected chi connectivity index (χ4v) is 2.77. The monoisotopic (exact) mass is 322 g/mol. The molecule has 0 bridgehead atoms. The number of allylic oxidation sites excluding steroid dienone is 2. The van der Waals surface area contributed by atoms with Crippen LogP contribution in [0.3, 0.4) is 0 Å². The van der Waals surface area contributed by atoms with E-state index in [1.54, 1.807) is 19.2 Å². The maximum absolute atomic E-state index is 12.1. The van der Waals surface area contributed by atoms with E-state index in [9.17, 15) is 5.21 Å². The second-order valence-electron chi connectivity index (χ2n) is 4.51. The second-order valence-corrected chi connectivity index (χ2v) is 5.35. The fourth-order valence-electron chi connectivity index (χ4n) is 2.34. The minimum atomic E-state index is 0.359. The van der Waals surface area contributed by atoms with Crippen molar-refractivity contribution in [1.29, 1.82) is 0 Å². The molecule has 2 heterocycles. The fraction of sp³-hybridized carbons (Fsp3) is 0.143. The number of guanidine groups is 1. The van der Waals surface area contributed by atoms with Crippen molar-refractivity contribution in [2.45, 2.75) is 0 Å². The summed E-state index contributed by atoms with van der Waals surface area (Å²) in [4.78, 5) is 5.04. The van der Waals surface area contributed by atoms with Crippen molar-refractivity contribution in [3.63, 3.8) is 0 Å².